The first-order valence-electron chi connectivity index (χ1n) is 4.20. The second-order valence-electron chi connectivity index (χ2n) is 3.03. The minimum absolute atomic E-state index is 0.720. The Bertz CT molecular complexity index is 230. The number of rotatable bonds is 4. The molecule has 3 heteroatoms. The van der Waals surface area contributed by atoms with Crippen molar-refractivity contribution in [2.45, 2.75) is 12.8 Å². The predicted octanol–water partition coefficient (Wildman–Crippen LogP) is 1.24. The lowest BCUT2D eigenvalue weighted by Gasteiger charge is -2.06. The van der Waals surface area contributed by atoms with E-state index in [4.69, 9.17) is 10.2 Å². The fraction of sp³-hybridized carbons (Fsp3) is 0.556. The second kappa shape index (κ2) is 4.16. The third-order valence-corrected chi connectivity index (χ3v) is 1.72. The molecule has 3 nitrogen and oxygen atoms in total. The zero-order valence-corrected chi connectivity index (χ0v) is 7.71. The van der Waals surface area contributed by atoms with Gasteiger partial charge >= 0.3 is 0 Å². The van der Waals surface area contributed by atoms with Crippen molar-refractivity contribution in [3.05, 3.63) is 17.9 Å². The van der Waals surface area contributed by atoms with Crippen molar-refractivity contribution < 1.29 is 4.42 Å². The van der Waals surface area contributed by atoms with Gasteiger partial charge < -0.3 is 15.1 Å². The van der Waals surface area contributed by atoms with Gasteiger partial charge in [0.15, 0.2) is 5.88 Å². The molecular formula is C9H16N2O. The predicted molar refractivity (Wildman–Crippen MR) is 50.4 cm³/mol. The summed E-state index contributed by atoms with van der Waals surface area (Å²) < 4.78 is 5.52. The first kappa shape index (κ1) is 9.13. The van der Waals surface area contributed by atoms with E-state index in [1.165, 1.54) is 0 Å². The maximum atomic E-state index is 5.52. The summed E-state index contributed by atoms with van der Waals surface area (Å²) in [6, 6.07) is 3.98. The smallest absolute Gasteiger partial charge is 0.195 e. The molecule has 0 aliphatic rings. The molecule has 0 unspecified atom stereocenters. The SMILES string of the molecule is CN(C)c1ccc(CCCN)o1. The van der Waals surface area contributed by atoms with Gasteiger partial charge in [0.2, 0.25) is 0 Å². The summed E-state index contributed by atoms with van der Waals surface area (Å²) in [4.78, 5) is 1.95. The highest BCUT2D eigenvalue weighted by molar-refractivity contribution is 5.33. The summed E-state index contributed by atoms with van der Waals surface area (Å²) in [5, 5.41) is 0. The molecule has 1 aromatic heterocycles. The van der Waals surface area contributed by atoms with Gasteiger partial charge in [0.25, 0.3) is 0 Å². The zero-order chi connectivity index (χ0) is 8.97. The molecule has 0 atom stereocenters. The number of aryl methyl sites for hydroxylation is 1. The molecule has 0 spiro atoms. The second-order valence-corrected chi connectivity index (χ2v) is 3.03. The van der Waals surface area contributed by atoms with E-state index in [2.05, 4.69) is 0 Å². The van der Waals surface area contributed by atoms with Crippen LogP contribution in [0.2, 0.25) is 0 Å². The Morgan fingerprint density at radius 2 is 2.17 bits per heavy atom. The molecule has 1 aromatic rings. The van der Waals surface area contributed by atoms with Gasteiger partial charge in [-0.3, -0.25) is 0 Å². The van der Waals surface area contributed by atoms with E-state index in [1.54, 1.807) is 0 Å². The lowest BCUT2D eigenvalue weighted by atomic mass is 10.2. The maximum absolute atomic E-state index is 5.52. The summed E-state index contributed by atoms with van der Waals surface area (Å²) in [6.45, 7) is 0.720. The number of hydrogen-bond acceptors (Lipinski definition) is 3. The van der Waals surface area contributed by atoms with Crippen molar-refractivity contribution in [3.63, 3.8) is 0 Å². The molecule has 0 amide bonds. The van der Waals surface area contributed by atoms with E-state index >= 15 is 0 Å². The Balaban J connectivity index is 2.52. The molecule has 1 rings (SSSR count). The third kappa shape index (κ3) is 2.27. The van der Waals surface area contributed by atoms with Gasteiger partial charge in [-0.05, 0) is 19.0 Å². The molecule has 0 saturated heterocycles. The number of nitrogens with two attached hydrogens (primary N) is 1. The van der Waals surface area contributed by atoms with E-state index in [0.29, 0.717) is 0 Å². The van der Waals surface area contributed by atoms with Gasteiger partial charge in [0, 0.05) is 26.6 Å². The van der Waals surface area contributed by atoms with Crippen LogP contribution in [0.1, 0.15) is 12.2 Å². The van der Waals surface area contributed by atoms with Gasteiger partial charge in [-0.15, -0.1) is 0 Å². The normalized spacial score (nSPS) is 10.2. The summed E-state index contributed by atoms with van der Waals surface area (Å²) in [7, 11) is 3.93. The zero-order valence-electron chi connectivity index (χ0n) is 7.71. The molecule has 0 bridgehead atoms. The monoisotopic (exact) mass is 168 g/mol. The van der Waals surface area contributed by atoms with Gasteiger partial charge in [0.05, 0.1) is 0 Å². The number of hydrogen-bond donors (Lipinski definition) is 1. The average molecular weight is 168 g/mol. The molecule has 0 aromatic carbocycles. The number of nitrogens with zero attached hydrogens (tertiary/aromatic N) is 1. The molecule has 0 fully saturated rings. The maximum Gasteiger partial charge on any atom is 0.195 e. The standard InChI is InChI=1S/C9H16N2O/c1-11(2)9-6-5-8(12-9)4-3-7-10/h5-6H,3-4,7,10H2,1-2H3. The summed E-state index contributed by atoms with van der Waals surface area (Å²) >= 11 is 0. The Morgan fingerprint density at radius 3 is 2.67 bits per heavy atom. The van der Waals surface area contributed by atoms with Gasteiger partial charge in [-0.2, -0.15) is 0 Å². The fourth-order valence-corrected chi connectivity index (χ4v) is 1.02. The Hall–Kier alpha value is -0.960. The van der Waals surface area contributed by atoms with Crippen LogP contribution in [0.3, 0.4) is 0 Å². The summed E-state index contributed by atoms with van der Waals surface area (Å²) in [5.74, 6) is 1.92. The lowest BCUT2D eigenvalue weighted by Crippen LogP contribution is -2.06. The van der Waals surface area contributed by atoms with Crippen molar-refractivity contribution in [3.8, 4) is 0 Å². The van der Waals surface area contributed by atoms with Crippen LogP contribution in [-0.2, 0) is 6.42 Å². The van der Waals surface area contributed by atoms with E-state index < -0.39 is 0 Å². The third-order valence-electron chi connectivity index (χ3n) is 1.72. The molecule has 0 saturated carbocycles. The summed E-state index contributed by atoms with van der Waals surface area (Å²) in [5.41, 5.74) is 5.39. The highest BCUT2D eigenvalue weighted by Gasteiger charge is 2.01. The first-order valence-corrected chi connectivity index (χ1v) is 4.20. The van der Waals surface area contributed by atoms with Crippen LogP contribution in [0.4, 0.5) is 5.88 Å². The van der Waals surface area contributed by atoms with Gasteiger partial charge in [-0.25, -0.2) is 0 Å². The fourth-order valence-electron chi connectivity index (χ4n) is 1.02. The molecule has 12 heavy (non-hydrogen) atoms. The molecule has 1 heterocycles. The quantitative estimate of drug-likeness (QED) is 0.735. The summed E-state index contributed by atoms with van der Waals surface area (Å²) in [6.07, 6.45) is 1.92. The van der Waals surface area contributed by atoms with Crippen LogP contribution in [0.15, 0.2) is 16.5 Å². The minimum Gasteiger partial charge on any atom is -0.446 e. The van der Waals surface area contributed by atoms with Crippen molar-refractivity contribution in [1.29, 1.82) is 0 Å². The topological polar surface area (TPSA) is 42.4 Å². The highest BCUT2D eigenvalue weighted by atomic mass is 16.4. The lowest BCUT2D eigenvalue weighted by molar-refractivity contribution is 0.504. The van der Waals surface area contributed by atoms with Gasteiger partial charge in [0.1, 0.15) is 5.76 Å². The number of anilines is 1. The van der Waals surface area contributed by atoms with Crippen molar-refractivity contribution in [2.75, 3.05) is 25.5 Å². The van der Waals surface area contributed by atoms with Crippen LogP contribution in [0.5, 0.6) is 0 Å². The molecular weight excluding hydrogens is 152 g/mol. The van der Waals surface area contributed by atoms with Crippen molar-refractivity contribution >= 4 is 5.88 Å². The minimum atomic E-state index is 0.720. The average Bonchev–Trinajstić information content (AvgIpc) is 2.48. The van der Waals surface area contributed by atoms with E-state index in [0.717, 1.165) is 31.0 Å². The van der Waals surface area contributed by atoms with E-state index in [1.807, 2.05) is 31.1 Å². The molecule has 0 aliphatic carbocycles. The van der Waals surface area contributed by atoms with Crippen LogP contribution < -0.4 is 10.6 Å². The Morgan fingerprint density at radius 1 is 1.42 bits per heavy atom. The van der Waals surface area contributed by atoms with E-state index in [9.17, 15) is 0 Å². The molecule has 0 radical (unpaired) electrons. The Labute approximate surface area is 73.2 Å². The largest absolute Gasteiger partial charge is 0.446 e. The molecule has 68 valence electrons. The Kier molecular flexibility index (Phi) is 3.17. The molecule has 0 aliphatic heterocycles. The van der Waals surface area contributed by atoms with Crippen LogP contribution in [-0.4, -0.2) is 20.6 Å². The highest BCUT2D eigenvalue weighted by Crippen LogP contribution is 2.16. The van der Waals surface area contributed by atoms with Crippen molar-refractivity contribution in [1.82, 2.24) is 0 Å². The molecule has 2 N–H and O–H groups in total. The van der Waals surface area contributed by atoms with Crippen LogP contribution in [0.25, 0.3) is 0 Å². The van der Waals surface area contributed by atoms with Crippen LogP contribution >= 0.6 is 0 Å². The number of furan rings is 1. The van der Waals surface area contributed by atoms with E-state index in [-0.39, 0.29) is 0 Å². The van der Waals surface area contributed by atoms with Gasteiger partial charge in [-0.1, -0.05) is 0 Å². The van der Waals surface area contributed by atoms with Crippen molar-refractivity contribution in [2.24, 2.45) is 5.73 Å². The first-order chi connectivity index (χ1) is 5.74. The van der Waals surface area contributed by atoms with Crippen LogP contribution in [0, 0.1) is 0 Å².